The largest absolute Gasteiger partial charge is 0.487 e. The lowest BCUT2D eigenvalue weighted by molar-refractivity contribution is -0.116. The van der Waals surface area contributed by atoms with Crippen molar-refractivity contribution in [1.29, 1.82) is 0 Å². The van der Waals surface area contributed by atoms with Crippen LogP contribution < -0.4 is 14.4 Å². The van der Waals surface area contributed by atoms with Crippen molar-refractivity contribution >= 4 is 33.2 Å². The number of anilines is 1. The van der Waals surface area contributed by atoms with Gasteiger partial charge in [0.05, 0.1) is 24.5 Å². The van der Waals surface area contributed by atoms with Crippen LogP contribution in [0, 0.1) is 11.8 Å². The molecular formula is C31H39ClN2O6S. The maximum Gasteiger partial charge on any atom is 0.264 e. The van der Waals surface area contributed by atoms with Gasteiger partial charge in [0.15, 0.2) is 0 Å². The van der Waals surface area contributed by atoms with Gasteiger partial charge in [-0.1, -0.05) is 17.7 Å². The highest BCUT2D eigenvalue weighted by molar-refractivity contribution is 7.90. The fourth-order valence-corrected chi connectivity index (χ4v) is 7.60. The van der Waals surface area contributed by atoms with E-state index in [0.717, 1.165) is 74.3 Å². The summed E-state index contributed by atoms with van der Waals surface area (Å²) >= 11 is 6.32. The number of ether oxygens (including phenoxy) is 3. The Balaban J connectivity index is 1.37. The van der Waals surface area contributed by atoms with Crippen LogP contribution in [0.25, 0.3) is 0 Å². The van der Waals surface area contributed by atoms with Gasteiger partial charge in [-0.25, -0.2) is 13.1 Å². The van der Waals surface area contributed by atoms with E-state index >= 15 is 0 Å². The average molecular weight is 603 g/mol. The van der Waals surface area contributed by atoms with Crippen molar-refractivity contribution < 1.29 is 27.4 Å². The van der Waals surface area contributed by atoms with E-state index in [9.17, 15) is 13.2 Å². The molecule has 41 heavy (non-hydrogen) atoms. The van der Waals surface area contributed by atoms with Crippen molar-refractivity contribution in [3.05, 3.63) is 58.1 Å². The molecule has 8 nitrogen and oxygen atoms in total. The number of hydrogen-bond donors (Lipinski definition) is 1. The normalized spacial score (nSPS) is 30.3. The van der Waals surface area contributed by atoms with Crippen LogP contribution in [0.15, 0.2) is 36.4 Å². The van der Waals surface area contributed by atoms with E-state index in [2.05, 4.69) is 9.62 Å². The van der Waals surface area contributed by atoms with Crippen LogP contribution in [-0.4, -0.2) is 58.1 Å². The number of rotatable bonds is 0. The van der Waals surface area contributed by atoms with Crippen LogP contribution >= 0.6 is 11.6 Å². The first kappa shape index (κ1) is 28.8. The first-order valence-corrected chi connectivity index (χ1v) is 16.8. The lowest BCUT2D eigenvalue weighted by Crippen LogP contribution is -2.48. The summed E-state index contributed by atoms with van der Waals surface area (Å²) in [6.45, 7) is 4.23. The quantitative estimate of drug-likeness (QED) is 0.448. The zero-order valence-corrected chi connectivity index (χ0v) is 25.1. The van der Waals surface area contributed by atoms with Gasteiger partial charge in [-0.3, -0.25) is 4.79 Å². The maximum absolute atomic E-state index is 13.3. The van der Waals surface area contributed by atoms with Crippen molar-refractivity contribution in [1.82, 2.24) is 4.72 Å². The predicted molar refractivity (Wildman–Crippen MR) is 158 cm³/mol. The number of carbonyl (C=O) groups is 1. The summed E-state index contributed by atoms with van der Waals surface area (Å²) in [6, 6.07) is 11.1. The maximum atomic E-state index is 13.3. The zero-order valence-electron chi connectivity index (χ0n) is 23.5. The minimum absolute atomic E-state index is 0.0343. The second kappa shape index (κ2) is 12.1. The fourth-order valence-electron chi connectivity index (χ4n) is 6.57. The number of fused-ring (bicyclic) bond motifs is 6. The summed E-state index contributed by atoms with van der Waals surface area (Å²) in [6.07, 6.45) is 6.69. The number of nitrogens with one attached hydrogen (secondary N) is 1. The first-order valence-electron chi connectivity index (χ1n) is 14.8. The molecule has 0 aromatic heterocycles. The van der Waals surface area contributed by atoms with Gasteiger partial charge >= 0.3 is 0 Å². The molecule has 2 aromatic rings. The minimum Gasteiger partial charge on any atom is -0.487 e. The van der Waals surface area contributed by atoms with Crippen molar-refractivity contribution in [2.75, 3.05) is 31.2 Å². The van der Waals surface area contributed by atoms with Crippen molar-refractivity contribution in [2.45, 2.75) is 75.9 Å². The Morgan fingerprint density at radius 3 is 2.73 bits per heavy atom. The smallest absolute Gasteiger partial charge is 0.264 e. The third-order valence-electron chi connectivity index (χ3n) is 9.24. The van der Waals surface area contributed by atoms with Crippen LogP contribution in [0.3, 0.4) is 0 Å². The fraction of sp³-hybridized carbons (Fsp3) is 0.581. The molecule has 5 atom stereocenters. The molecule has 3 aliphatic heterocycles. The Kier molecular flexibility index (Phi) is 8.50. The number of nitrogens with zero attached hydrogens (tertiary/aromatic N) is 1. The van der Waals surface area contributed by atoms with Crippen LogP contribution in [0.4, 0.5) is 5.69 Å². The molecule has 1 amide bonds. The lowest BCUT2D eigenvalue weighted by atomic mass is 9.68. The Morgan fingerprint density at radius 2 is 1.90 bits per heavy atom. The number of aryl methyl sites for hydroxylation is 1. The van der Waals surface area contributed by atoms with E-state index < -0.39 is 21.2 Å². The molecule has 1 aliphatic carbocycles. The van der Waals surface area contributed by atoms with E-state index in [1.54, 1.807) is 25.1 Å². The second-order valence-corrected chi connectivity index (χ2v) is 14.5. The Hall–Kier alpha value is -2.33. The molecule has 2 aromatic carbocycles. The van der Waals surface area contributed by atoms with Gasteiger partial charge in [0.25, 0.3) is 5.91 Å². The average Bonchev–Trinajstić information content (AvgIpc) is 2.96. The third kappa shape index (κ3) is 6.38. The predicted octanol–water partition coefficient (Wildman–Crippen LogP) is 5.11. The molecule has 3 heterocycles. The highest BCUT2D eigenvalue weighted by Crippen LogP contribution is 2.43. The van der Waals surface area contributed by atoms with Gasteiger partial charge in [-0.15, -0.1) is 0 Å². The van der Waals surface area contributed by atoms with E-state index in [-0.39, 0.29) is 24.4 Å². The minimum atomic E-state index is -3.93. The SMILES string of the molecule is C[C@H]1CO[C@@H]2CCO[C@@H](C2)[C@@H]2CC[C@H]2CN2CCCCc3cc(Cl)ccc3COc3ccc(cc32)C(=O)NS1(=O)=O. The molecule has 1 saturated carbocycles. The summed E-state index contributed by atoms with van der Waals surface area (Å²) in [7, 11) is -3.93. The standard InChI is InChI=1S/C31H39ClN2O6S/c1-20-18-39-26-11-13-38-30(16-26)27-9-6-23(27)17-34-12-3-2-4-21-14-25(32)8-5-24(21)19-40-29-10-7-22(15-28(29)34)31(35)33-41(20,36)37/h5,7-8,10,14-15,20,23,26-27,30H,2-4,6,9,11-13,16-19H2,1H3,(H,33,35)/t20-,23-,26+,27+,30-/m0/s1. The van der Waals surface area contributed by atoms with Crippen molar-refractivity contribution in [2.24, 2.45) is 11.8 Å². The number of halogens is 1. The number of carbonyl (C=O) groups excluding carboxylic acids is 1. The van der Waals surface area contributed by atoms with Crippen LogP contribution in [0.2, 0.25) is 5.02 Å². The molecule has 6 rings (SSSR count). The van der Waals surface area contributed by atoms with E-state index in [4.69, 9.17) is 25.8 Å². The van der Waals surface area contributed by atoms with Gasteiger partial charge in [-0.2, -0.15) is 0 Å². The summed E-state index contributed by atoms with van der Waals surface area (Å²) in [4.78, 5) is 15.6. The zero-order chi connectivity index (χ0) is 28.6. The highest BCUT2D eigenvalue weighted by atomic mass is 35.5. The van der Waals surface area contributed by atoms with E-state index in [1.165, 1.54) is 5.56 Å². The Morgan fingerprint density at radius 1 is 1.02 bits per heavy atom. The molecule has 1 N–H and O–H groups in total. The monoisotopic (exact) mass is 602 g/mol. The van der Waals surface area contributed by atoms with E-state index in [1.807, 2.05) is 18.2 Å². The van der Waals surface area contributed by atoms with Crippen molar-refractivity contribution in [3.63, 3.8) is 0 Å². The van der Waals surface area contributed by atoms with Crippen LogP contribution in [0.5, 0.6) is 5.75 Å². The van der Waals surface area contributed by atoms with Crippen LogP contribution in [0.1, 0.15) is 66.9 Å². The highest BCUT2D eigenvalue weighted by Gasteiger charge is 2.41. The molecule has 2 fully saturated rings. The van der Waals surface area contributed by atoms with Gasteiger partial charge in [-0.05, 0) is 98.7 Å². The second-order valence-electron chi connectivity index (χ2n) is 12.0. The molecule has 0 unspecified atom stereocenters. The molecule has 222 valence electrons. The summed E-state index contributed by atoms with van der Waals surface area (Å²) < 4.78 is 47.1. The van der Waals surface area contributed by atoms with Gasteiger partial charge in [0, 0.05) is 36.7 Å². The van der Waals surface area contributed by atoms with Gasteiger partial charge in [0.2, 0.25) is 10.0 Å². The molecular weight excluding hydrogens is 564 g/mol. The molecule has 4 aliphatic rings. The molecule has 4 bridgehead atoms. The lowest BCUT2D eigenvalue weighted by Gasteiger charge is -2.46. The van der Waals surface area contributed by atoms with Crippen molar-refractivity contribution in [3.8, 4) is 5.75 Å². The third-order valence-corrected chi connectivity index (χ3v) is 11.1. The molecule has 0 spiro atoms. The summed E-state index contributed by atoms with van der Waals surface area (Å²) in [5.41, 5.74) is 3.40. The molecule has 0 radical (unpaired) electrons. The Labute approximate surface area is 247 Å². The topological polar surface area (TPSA) is 94.2 Å². The van der Waals surface area contributed by atoms with Crippen LogP contribution in [-0.2, 0) is 32.5 Å². The summed E-state index contributed by atoms with van der Waals surface area (Å²) in [5.74, 6) is 0.918. The summed E-state index contributed by atoms with van der Waals surface area (Å²) in [5, 5.41) is -0.149. The van der Waals surface area contributed by atoms with Gasteiger partial charge < -0.3 is 19.1 Å². The molecule has 1 saturated heterocycles. The Bertz CT molecular complexity index is 1380. The van der Waals surface area contributed by atoms with E-state index in [0.29, 0.717) is 30.8 Å². The van der Waals surface area contributed by atoms with Gasteiger partial charge in [0.1, 0.15) is 17.6 Å². The number of hydrogen-bond acceptors (Lipinski definition) is 7. The number of benzene rings is 2. The first-order chi connectivity index (χ1) is 19.8. The number of sulfonamides is 1. The number of amides is 1. The molecule has 10 heteroatoms.